The minimum absolute atomic E-state index is 0.208. The first-order valence-corrected chi connectivity index (χ1v) is 6.72. The van der Waals surface area contributed by atoms with Crippen LogP contribution in [0, 0.1) is 6.92 Å². The van der Waals surface area contributed by atoms with Crippen LogP contribution in [0.4, 0.5) is 11.4 Å². The average Bonchev–Trinajstić information content (AvgIpc) is 2.39. The smallest absolute Gasteiger partial charge is 0.0437 e. The van der Waals surface area contributed by atoms with E-state index >= 15 is 0 Å². The van der Waals surface area contributed by atoms with E-state index in [1.807, 2.05) is 6.92 Å². The van der Waals surface area contributed by atoms with Crippen molar-refractivity contribution in [1.29, 1.82) is 0 Å². The zero-order chi connectivity index (χ0) is 13.8. The molecule has 0 aromatic heterocycles. The van der Waals surface area contributed by atoms with Crippen molar-refractivity contribution >= 4 is 11.4 Å². The lowest BCUT2D eigenvalue weighted by molar-refractivity contribution is 0.738. The highest BCUT2D eigenvalue weighted by Crippen LogP contribution is 2.26. The Balaban J connectivity index is 2.20. The maximum absolute atomic E-state index is 5.82. The van der Waals surface area contributed by atoms with E-state index in [1.165, 1.54) is 22.5 Å². The molecule has 1 unspecified atom stereocenters. The molecule has 0 heterocycles. The van der Waals surface area contributed by atoms with Gasteiger partial charge in [-0.1, -0.05) is 30.3 Å². The van der Waals surface area contributed by atoms with Crippen molar-refractivity contribution in [2.75, 3.05) is 11.9 Å². The van der Waals surface area contributed by atoms with Crippen molar-refractivity contribution in [3.8, 4) is 0 Å². The number of nitrogens with zero attached hydrogens (tertiary/aromatic N) is 1. The van der Waals surface area contributed by atoms with Gasteiger partial charge in [-0.25, -0.2) is 0 Å². The Kier molecular flexibility index (Phi) is 4.23. The Labute approximate surface area is 115 Å². The van der Waals surface area contributed by atoms with Crippen molar-refractivity contribution < 1.29 is 0 Å². The second-order valence-electron chi connectivity index (χ2n) is 5.19. The van der Waals surface area contributed by atoms with Gasteiger partial charge < -0.3 is 10.6 Å². The van der Waals surface area contributed by atoms with Gasteiger partial charge >= 0.3 is 0 Å². The fourth-order valence-electron chi connectivity index (χ4n) is 2.31. The van der Waals surface area contributed by atoms with Crippen LogP contribution in [0.3, 0.4) is 0 Å². The number of hydrogen-bond acceptors (Lipinski definition) is 2. The quantitative estimate of drug-likeness (QED) is 0.902. The Bertz CT molecular complexity index is 529. The minimum Gasteiger partial charge on any atom is -0.344 e. The summed E-state index contributed by atoms with van der Waals surface area (Å²) in [4.78, 5) is 2.21. The molecule has 2 aromatic rings. The Morgan fingerprint density at radius 1 is 1.05 bits per heavy atom. The van der Waals surface area contributed by atoms with E-state index in [-0.39, 0.29) is 6.04 Å². The summed E-state index contributed by atoms with van der Waals surface area (Å²) in [6.07, 6.45) is 0.925. The lowest BCUT2D eigenvalue weighted by Crippen LogP contribution is -2.17. The third kappa shape index (κ3) is 3.36. The monoisotopic (exact) mass is 254 g/mol. The topological polar surface area (TPSA) is 29.3 Å². The van der Waals surface area contributed by atoms with Gasteiger partial charge in [-0.3, -0.25) is 0 Å². The number of anilines is 2. The van der Waals surface area contributed by atoms with Gasteiger partial charge in [-0.2, -0.15) is 0 Å². The molecule has 0 radical (unpaired) electrons. The maximum Gasteiger partial charge on any atom is 0.0437 e. The molecular weight excluding hydrogens is 232 g/mol. The van der Waals surface area contributed by atoms with Crippen LogP contribution >= 0.6 is 0 Å². The second-order valence-corrected chi connectivity index (χ2v) is 5.19. The summed E-state index contributed by atoms with van der Waals surface area (Å²) < 4.78 is 0. The predicted molar refractivity (Wildman–Crippen MR) is 83.0 cm³/mol. The van der Waals surface area contributed by atoms with E-state index in [0.29, 0.717) is 0 Å². The fraction of sp³-hybridized carbons (Fsp3) is 0.294. The molecule has 0 aliphatic rings. The zero-order valence-corrected chi connectivity index (χ0v) is 11.9. The molecule has 2 nitrogen and oxygen atoms in total. The van der Waals surface area contributed by atoms with E-state index in [2.05, 4.69) is 67.4 Å². The molecule has 100 valence electrons. The highest BCUT2D eigenvalue weighted by Gasteiger charge is 2.06. The Morgan fingerprint density at radius 2 is 1.68 bits per heavy atom. The first-order chi connectivity index (χ1) is 9.08. The molecule has 0 aliphatic carbocycles. The van der Waals surface area contributed by atoms with Gasteiger partial charge in [0, 0.05) is 24.5 Å². The zero-order valence-electron chi connectivity index (χ0n) is 11.9. The third-order valence-corrected chi connectivity index (χ3v) is 3.36. The summed E-state index contributed by atoms with van der Waals surface area (Å²) in [7, 11) is 2.10. The molecule has 0 bridgehead atoms. The van der Waals surface area contributed by atoms with Gasteiger partial charge in [-0.05, 0) is 49.6 Å². The summed E-state index contributed by atoms with van der Waals surface area (Å²) in [5.74, 6) is 0. The average molecular weight is 254 g/mol. The largest absolute Gasteiger partial charge is 0.344 e. The highest BCUT2D eigenvalue weighted by atomic mass is 15.1. The first kappa shape index (κ1) is 13.6. The van der Waals surface area contributed by atoms with E-state index in [9.17, 15) is 0 Å². The maximum atomic E-state index is 5.82. The molecule has 2 N–H and O–H groups in total. The van der Waals surface area contributed by atoms with Crippen LogP contribution in [0.1, 0.15) is 18.1 Å². The predicted octanol–water partition coefficient (Wildman–Crippen LogP) is 3.65. The molecule has 0 amide bonds. The summed E-state index contributed by atoms with van der Waals surface area (Å²) in [6.45, 7) is 4.17. The van der Waals surface area contributed by atoms with Crippen LogP contribution in [-0.2, 0) is 6.42 Å². The molecule has 0 aliphatic heterocycles. The molecule has 0 saturated heterocycles. The van der Waals surface area contributed by atoms with Crippen molar-refractivity contribution in [2.45, 2.75) is 26.3 Å². The normalized spacial score (nSPS) is 12.2. The molecular formula is C17H22N2. The second kappa shape index (κ2) is 5.89. The van der Waals surface area contributed by atoms with Crippen molar-refractivity contribution in [3.63, 3.8) is 0 Å². The lowest BCUT2D eigenvalue weighted by Gasteiger charge is -2.22. The van der Waals surface area contributed by atoms with Crippen LogP contribution in [0.2, 0.25) is 0 Å². The van der Waals surface area contributed by atoms with E-state index < -0.39 is 0 Å². The van der Waals surface area contributed by atoms with Crippen LogP contribution in [-0.4, -0.2) is 13.1 Å². The Hall–Kier alpha value is -1.80. The summed E-state index contributed by atoms with van der Waals surface area (Å²) in [5, 5.41) is 0. The van der Waals surface area contributed by atoms with Gasteiger partial charge in [0.15, 0.2) is 0 Å². The number of aryl methyl sites for hydroxylation is 1. The number of nitrogens with two attached hydrogens (primary N) is 1. The highest BCUT2D eigenvalue weighted by molar-refractivity contribution is 5.65. The van der Waals surface area contributed by atoms with Crippen molar-refractivity contribution in [2.24, 2.45) is 5.73 Å². The number of hydrogen-bond donors (Lipinski definition) is 1. The molecule has 2 aromatic carbocycles. The summed E-state index contributed by atoms with van der Waals surface area (Å²) in [5.41, 5.74) is 10.8. The molecule has 1 atom stereocenters. The van der Waals surface area contributed by atoms with Crippen LogP contribution in [0.5, 0.6) is 0 Å². The van der Waals surface area contributed by atoms with Gasteiger partial charge in [0.05, 0.1) is 0 Å². The van der Waals surface area contributed by atoms with E-state index in [1.54, 1.807) is 0 Å². The van der Waals surface area contributed by atoms with Gasteiger partial charge in [0.1, 0.15) is 0 Å². The standard InChI is InChI=1S/C17H22N2/c1-13-6-4-5-7-17(13)19(3)16-10-8-15(9-11-16)12-14(2)18/h4-11,14H,12,18H2,1-3H3. The summed E-state index contributed by atoms with van der Waals surface area (Å²) in [6, 6.07) is 17.3. The SMILES string of the molecule is Cc1ccccc1N(C)c1ccc(CC(C)N)cc1. The number of rotatable bonds is 4. The summed E-state index contributed by atoms with van der Waals surface area (Å²) >= 11 is 0. The van der Waals surface area contributed by atoms with E-state index in [0.717, 1.165) is 6.42 Å². The van der Waals surface area contributed by atoms with Gasteiger partial charge in [0.2, 0.25) is 0 Å². The molecule has 2 heteroatoms. The fourth-order valence-corrected chi connectivity index (χ4v) is 2.31. The molecule has 0 spiro atoms. The Morgan fingerprint density at radius 3 is 2.26 bits per heavy atom. The number of benzene rings is 2. The minimum atomic E-state index is 0.208. The van der Waals surface area contributed by atoms with Gasteiger partial charge in [-0.15, -0.1) is 0 Å². The molecule has 2 rings (SSSR count). The lowest BCUT2D eigenvalue weighted by atomic mass is 10.1. The van der Waals surface area contributed by atoms with Crippen LogP contribution in [0.25, 0.3) is 0 Å². The molecule has 19 heavy (non-hydrogen) atoms. The van der Waals surface area contributed by atoms with Crippen LogP contribution < -0.4 is 10.6 Å². The number of para-hydroxylation sites is 1. The van der Waals surface area contributed by atoms with Crippen molar-refractivity contribution in [1.82, 2.24) is 0 Å². The first-order valence-electron chi connectivity index (χ1n) is 6.72. The molecule has 0 saturated carbocycles. The van der Waals surface area contributed by atoms with Gasteiger partial charge in [0.25, 0.3) is 0 Å². The van der Waals surface area contributed by atoms with Crippen LogP contribution in [0.15, 0.2) is 48.5 Å². The third-order valence-electron chi connectivity index (χ3n) is 3.36. The van der Waals surface area contributed by atoms with Crippen molar-refractivity contribution in [3.05, 3.63) is 59.7 Å². The molecule has 0 fully saturated rings. The van der Waals surface area contributed by atoms with E-state index in [4.69, 9.17) is 5.73 Å².